The maximum atomic E-state index is 12.1. The van der Waals surface area contributed by atoms with E-state index in [0.29, 0.717) is 18.1 Å². The molecule has 2 heterocycles. The second-order valence-electron chi connectivity index (χ2n) is 4.05. The van der Waals surface area contributed by atoms with Crippen LogP contribution in [0.25, 0.3) is 0 Å². The van der Waals surface area contributed by atoms with Crippen molar-refractivity contribution in [2.45, 2.75) is 12.6 Å². The fourth-order valence-corrected chi connectivity index (χ4v) is 2.89. The van der Waals surface area contributed by atoms with Gasteiger partial charge < -0.3 is 10.0 Å². The summed E-state index contributed by atoms with van der Waals surface area (Å²) in [6.45, 7) is 0.205. The molecule has 1 aliphatic heterocycles. The lowest BCUT2D eigenvalue weighted by Crippen LogP contribution is -2.51. The van der Waals surface area contributed by atoms with E-state index >= 15 is 0 Å². The molecule has 7 nitrogen and oxygen atoms in total. The number of aromatic nitrogens is 2. The lowest BCUT2D eigenvalue weighted by Gasteiger charge is -2.32. The Morgan fingerprint density at radius 2 is 2.32 bits per heavy atom. The molecule has 1 aromatic heterocycles. The van der Waals surface area contributed by atoms with Gasteiger partial charge in [-0.05, 0) is 6.07 Å². The first-order valence-electron chi connectivity index (χ1n) is 5.71. The normalized spacial score (nSPS) is 19.2. The smallest absolute Gasteiger partial charge is 0.347 e. The second kappa shape index (κ2) is 5.87. The highest BCUT2D eigenvalue weighted by Gasteiger charge is 2.32. The molecular formula is C11H13N3O4S. The molecule has 0 aliphatic carbocycles. The Kier molecular flexibility index (Phi) is 4.20. The van der Waals surface area contributed by atoms with Gasteiger partial charge >= 0.3 is 11.7 Å². The van der Waals surface area contributed by atoms with E-state index in [9.17, 15) is 14.4 Å². The summed E-state index contributed by atoms with van der Waals surface area (Å²) in [5, 5.41) is 9.09. The first-order valence-corrected chi connectivity index (χ1v) is 6.86. The summed E-state index contributed by atoms with van der Waals surface area (Å²) in [5.74, 6) is -0.303. The molecule has 1 amide bonds. The zero-order valence-electron chi connectivity index (χ0n) is 10.1. The summed E-state index contributed by atoms with van der Waals surface area (Å²) in [4.78, 5) is 39.5. The zero-order valence-corrected chi connectivity index (χ0v) is 10.9. The summed E-state index contributed by atoms with van der Waals surface area (Å²) in [6.07, 6.45) is 2.81. The Morgan fingerprint density at radius 3 is 3.00 bits per heavy atom. The number of nitrogens with zero attached hydrogens (tertiary/aromatic N) is 3. The Balaban J connectivity index is 2.12. The number of amides is 1. The number of carboxylic acid groups (broad SMARTS) is 1. The van der Waals surface area contributed by atoms with Gasteiger partial charge in [-0.15, -0.1) is 0 Å². The molecule has 0 radical (unpaired) electrons. The van der Waals surface area contributed by atoms with E-state index in [4.69, 9.17) is 5.11 Å². The van der Waals surface area contributed by atoms with E-state index in [1.807, 2.05) is 0 Å². The van der Waals surface area contributed by atoms with E-state index in [1.165, 1.54) is 33.6 Å². The minimum atomic E-state index is -1.01. The lowest BCUT2D eigenvalue weighted by molar-refractivity contribution is -0.149. The number of hydrogen-bond donors (Lipinski definition) is 1. The Hall–Kier alpha value is -1.83. The average molecular weight is 283 g/mol. The molecule has 0 saturated carbocycles. The number of aliphatic carboxylic acids is 1. The van der Waals surface area contributed by atoms with Gasteiger partial charge in [-0.25, -0.2) is 14.6 Å². The van der Waals surface area contributed by atoms with Gasteiger partial charge in [0, 0.05) is 30.4 Å². The molecule has 0 bridgehead atoms. The average Bonchev–Trinajstić information content (AvgIpc) is 2.41. The molecule has 102 valence electrons. The summed E-state index contributed by atoms with van der Waals surface area (Å²) in [5.41, 5.74) is -0.519. The van der Waals surface area contributed by atoms with E-state index in [1.54, 1.807) is 6.07 Å². The minimum absolute atomic E-state index is 0.179. The number of rotatable bonds is 3. The van der Waals surface area contributed by atoms with Crippen molar-refractivity contribution < 1.29 is 14.7 Å². The van der Waals surface area contributed by atoms with E-state index in [2.05, 4.69) is 4.98 Å². The molecular weight excluding hydrogens is 270 g/mol. The summed E-state index contributed by atoms with van der Waals surface area (Å²) < 4.78 is 1.17. The van der Waals surface area contributed by atoms with Gasteiger partial charge in [0.15, 0.2) is 0 Å². The van der Waals surface area contributed by atoms with Gasteiger partial charge in [-0.2, -0.15) is 11.8 Å². The molecule has 1 aliphatic rings. The van der Waals surface area contributed by atoms with E-state index < -0.39 is 17.7 Å². The van der Waals surface area contributed by atoms with Crippen LogP contribution >= 0.6 is 11.8 Å². The highest BCUT2D eigenvalue weighted by Crippen LogP contribution is 2.17. The van der Waals surface area contributed by atoms with Crippen LogP contribution in [0.1, 0.15) is 0 Å². The SMILES string of the molecule is O=C(O)C1CSCCN1C(=O)Cn1cccnc1=O. The summed E-state index contributed by atoms with van der Waals surface area (Å²) in [7, 11) is 0. The maximum Gasteiger partial charge on any atom is 0.347 e. The van der Waals surface area contributed by atoms with Crippen LogP contribution in [-0.2, 0) is 16.1 Å². The molecule has 1 atom stereocenters. The highest BCUT2D eigenvalue weighted by atomic mass is 32.2. The number of carboxylic acids is 1. The molecule has 2 rings (SSSR count). The topological polar surface area (TPSA) is 92.5 Å². The summed E-state index contributed by atoms with van der Waals surface area (Å²) in [6, 6.07) is 0.730. The molecule has 1 N–H and O–H groups in total. The third-order valence-electron chi connectivity index (χ3n) is 2.82. The monoisotopic (exact) mass is 283 g/mol. The third kappa shape index (κ3) is 3.14. The van der Waals surface area contributed by atoms with Gasteiger partial charge in [0.2, 0.25) is 5.91 Å². The number of thioether (sulfide) groups is 1. The minimum Gasteiger partial charge on any atom is -0.480 e. The standard InChI is InChI=1S/C11H13N3O4S/c15-9(6-13-3-1-2-12-11(13)18)14-4-5-19-7-8(14)10(16)17/h1-3,8H,4-7H2,(H,16,17). The molecule has 1 fully saturated rings. The van der Waals surface area contributed by atoms with Crippen LogP contribution in [-0.4, -0.2) is 55.5 Å². The van der Waals surface area contributed by atoms with Crippen molar-refractivity contribution in [2.75, 3.05) is 18.1 Å². The van der Waals surface area contributed by atoms with Crippen molar-refractivity contribution in [1.82, 2.24) is 14.5 Å². The van der Waals surface area contributed by atoms with Gasteiger partial charge in [0.25, 0.3) is 0 Å². The molecule has 19 heavy (non-hydrogen) atoms. The van der Waals surface area contributed by atoms with Crippen molar-refractivity contribution in [3.63, 3.8) is 0 Å². The highest BCUT2D eigenvalue weighted by molar-refractivity contribution is 7.99. The van der Waals surface area contributed by atoms with Crippen molar-refractivity contribution >= 4 is 23.6 Å². The van der Waals surface area contributed by atoms with Gasteiger partial charge in [0.05, 0.1) is 0 Å². The van der Waals surface area contributed by atoms with Crippen molar-refractivity contribution in [2.24, 2.45) is 0 Å². The first-order chi connectivity index (χ1) is 9.09. The van der Waals surface area contributed by atoms with Crippen LogP contribution < -0.4 is 5.69 Å². The number of carbonyl (C=O) groups is 2. The quantitative estimate of drug-likeness (QED) is 0.786. The fourth-order valence-electron chi connectivity index (χ4n) is 1.85. The molecule has 1 aromatic rings. The Morgan fingerprint density at radius 1 is 1.53 bits per heavy atom. The largest absolute Gasteiger partial charge is 0.480 e. The van der Waals surface area contributed by atoms with Crippen LogP contribution in [0.2, 0.25) is 0 Å². The Bertz CT molecular complexity index is 545. The summed E-state index contributed by atoms with van der Waals surface area (Å²) >= 11 is 1.51. The van der Waals surface area contributed by atoms with Crippen LogP contribution in [0, 0.1) is 0 Å². The lowest BCUT2D eigenvalue weighted by atomic mass is 10.2. The molecule has 1 saturated heterocycles. The van der Waals surface area contributed by atoms with Crippen molar-refractivity contribution in [3.8, 4) is 0 Å². The molecule has 0 aromatic carbocycles. The van der Waals surface area contributed by atoms with E-state index in [0.717, 1.165) is 0 Å². The Labute approximate surface area is 113 Å². The second-order valence-corrected chi connectivity index (χ2v) is 5.20. The van der Waals surface area contributed by atoms with Crippen LogP contribution in [0.4, 0.5) is 0 Å². The third-order valence-corrected chi connectivity index (χ3v) is 3.84. The van der Waals surface area contributed by atoms with Gasteiger partial charge in [-0.3, -0.25) is 9.36 Å². The predicted octanol–water partition coefficient (Wildman–Crippen LogP) is -0.728. The van der Waals surface area contributed by atoms with Crippen LogP contribution in [0.5, 0.6) is 0 Å². The maximum absolute atomic E-state index is 12.1. The van der Waals surface area contributed by atoms with Crippen molar-refractivity contribution in [3.05, 3.63) is 28.9 Å². The first kappa shape index (κ1) is 13.6. The predicted molar refractivity (Wildman–Crippen MR) is 69.0 cm³/mol. The van der Waals surface area contributed by atoms with Gasteiger partial charge in [-0.1, -0.05) is 0 Å². The van der Waals surface area contributed by atoms with Crippen LogP contribution in [0.15, 0.2) is 23.3 Å². The fraction of sp³-hybridized carbons (Fsp3) is 0.455. The molecule has 1 unspecified atom stereocenters. The van der Waals surface area contributed by atoms with Gasteiger partial charge in [0.1, 0.15) is 12.6 Å². The molecule has 0 spiro atoms. The number of carbonyl (C=O) groups excluding carboxylic acids is 1. The van der Waals surface area contributed by atoms with Crippen LogP contribution in [0.3, 0.4) is 0 Å². The number of hydrogen-bond acceptors (Lipinski definition) is 5. The van der Waals surface area contributed by atoms with E-state index in [-0.39, 0.29) is 12.5 Å². The van der Waals surface area contributed by atoms with Crippen molar-refractivity contribution in [1.29, 1.82) is 0 Å². The zero-order chi connectivity index (χ0) is 13.8. The molecule has 8 heteroatoms.